The minimum absolute atomic E-state index is 0.0280. The third-order valence-electron chi connectivity index (χ3n) is 3.93. The van der Waals surface area contributed by atoms with E-state index in [9.17, 15) is 14.0 Å². The van der Waals surface area contributed by atoms with Crippen LogP contribution < -0.4 is 10.6 Å². The first kappa shape index (κ1) is 16.7. The van der Waals surface area contributed by atoms with Crippen molar-refractivity contribution >= 4 is 33.6 Å². The second-order valence-corrected chi connectivity index (χ2v) is 6.42. The molecule has 22 heavy (non-hydrogen) atoms. The van der Waals surface area contributed by atoms with Gasteiger partial charge in [0.1, 0.15) is 5.82 Å². The Morgan fingerprint density at radius 2 is 1.91 bits per heavy atom. The predicted octanol–water partition coefficient (Wildman–Crippen LogP) is 3.66. The van der Waals surface area contributed by atoms with Crippen LogP contribution in [0.25, 0.3) is 0 Å². The summed E-state index contributed by atoms with van der Waals surface area (Å²) in [6.07, 6.45) is 2.44. The van der Waals surface area contributed by atoms with Crippen molar-refractivity contribution < 1.29 is 19.1 Å². The molecule has 120 valence electrons. The number of rotatable bonds is 3. The van der Waals surface area contributed by atoms with Crippen molar-refractivity contribution in [2.24, 2.45) is 5.92 Å². The summed E-state index contributed by atoms with van der Waals surface area (Å²) in [4.78, 5) is 22.9. The van der Waals surface area contributed by atoms with Crippen LogP contribution in [0.4, 0.5) is 14.9 Å². The number of anilines is 1. The molecule has 0 heterocycles. The maximum atomic E-state index is 13.3. The van der Waals surface area contributed by atoms with Crippen molar-refractivity contribution in [2.75, 3.05) is 5.32 Å². The minimum Gasteiger partial charge on any atom is -0.481 e. The number of carbonyl (C=O) groups excluding carboxylic acids is 1. The van der Waals surface area contributed by atoms with Crippen LogP contribution in [-0.2, 0) is 4.79 Å². The van der Waals surface area contributed by atoms with Crippen LogP contribution in [-0.4, -0.2) is 23.1 Å². The number of nitrogens with one attached hydrogen (secondary N) is 2. The zero-order valence-corrected chi connectivity index (χ0v) is 13.7. The molecule has 0 aliphatic heterocycles. The van der Waals surface area contributed by atoms with E-state index in [4.69, 9.17) is 5.11 Å². The van der Waals surface area contributed by atoms with Gasteiger partial charge in [-0.05, 0) is 66.2 Å². The number of benzene rings is 1. The molecule has 7 heteroatoms. The third kappa shape index (κ3) is 4.19. The van der Waals surface area contributed by atoms with Crippen molar-refractivity contribution in [3.8, 4) is 0 Å². The van der Waals surface area contributed by atoms with E-state index in [1.807, 2.05) is 0 Å². The Bertz CT molecular complexity index is 586. The van der Waals surface area contributed by atoms with Gasteiger partial charge >= 0.3 is 12.0 Å². The van der Waals surface area contributed by atoms with Gasteiger partial charge in [0.25, 0.3) is 0 Å². The standard InChI is InChI=1S/C15H18BrFN2O3/c1-8-6-12(17)11(16)7-13(8)19-15(22)18-10-4-2-9(3-5-10)14(20)21/h6-7,9-10H,2-5H2,1H3,(H,20,21)(H2,18,19,22). The number of amides is 2. The highest BCUT2D eigenvalue weighted by Gasteiger charge is 2.26. The van der Waals surface area contributed by atoms with E-state index in [0.717, 1.165) is 0 Å². The van der Waals surface area contributed by atoms with Crippen molar-refractivity contribution in [3.63, 3.8) is 0 Å². The second kappa shape index (κ2) is 7.09. The molecule has 1 fully saturated rings. The molecule has 0 spiro atoms. The molecule has 0 aromatic heterocycles. The average molecular weight is 373 g/mol. The van der Waals surface area contributed by atoms with Crippen molar-refractivity contribution in [1.29, 1.82) is 0 Å². The fraction of sp³-hybridized carbons (Fsp3) is 0.467. The van der Waals surface area contributed by atoms with Crippen LogP contribution in [0, 0.1) is 18.7 Å². The number of carboxylic acid groups (broad SMARTS) is 1. The Morgan fingerprint density at radius 1 is 1.27 bits per heavy atom. The van der Waals surface area contributed by atoms with E-state index in [1.165, 1.54) is 12.1 Å². The molecule has 1 aromatic rings. The normalized spacial score (nSPS) is 21.2. The smallest absolute Gasteiger partial charge is 0.319 e. The molecule has 1 saturated carbocycles. The van der Waals surface area contributed by atoms with Gasteiger partial charge in [-0.3, -0.25) is 4.79 Å². The average Bonchev–Trinajstić information content (AvgIpc) is 2.45. The molecule has 3 N–H and O–H groups in total. The number of hydrogen-bond acceptors (Lipinski definition) is 2. The molecule has 5 nitrogen and oxygen atoms in total. The van der Waals surface area contributed by atoms with Gasteiger partial charge in [-0.15, -0.1) is 0 Å². The molecule has 0 atom stereocenters. The lowest BCUT2D eigenvalue weighted by Crippen LogP contribution is -2.41. The summed E-state index contributed by atoms with van der Waals surface area (Å²) in [5.41, 5.74) is 1.16. The van der Waals surface area contributed by atoms with E-state index >= 15 is 0 Å². The molecule has 0 bridgehead atoms. The third-order valence-corrected chi connectivity index (χ3v) is 4.53. The minimum atomic E-state index is -0.769. The molecular formula is C15H18BrFN2O3. The first-order chi connectivity index (χ1) is 10.4. The highest BCUT2D eigenvalue weighted by molar-refractivity contribution is 9.10. The number of halogens is 2. The Hall–Kier alpha value is -1.63. The highest BCUT2D eigenvalue weighted by Crippen LogP contribution is 2.26. The van der Waals surface area contributed by atoms with Crippen LogP contribution in [0.1, 0.15) is 31.2 Å². The van der Waals surface area contributed by atoms with E-state index in [-0.39, 0.29) is 28.3 Å². The van der Waals surface area contributed by atoms with Gasteiger partial charge in [-0.25, -0.2) is 9.18 Å². The first-order valence-electron chi connectivity index (χ1n) is 7.12. The van der Waals surface area contributed by atoms with Crippen LogP contribution in [0.5, 0.6) is 0 Å². The Balaban J connectivity index is 1.89. The summed E-state index contributed by atoms with van der Waals surface area (Å²) in [7, 11) is 0. The van der Waals surface area contributed by atoms with Gasteiger partial charge in [-0.2, -0.15) is 0 Å². The van der Waals surface area contributed by atoms with Gasteiger partial charge in [-0.1, -0.05) is 0 Å². The SMILES string of the molecule is Cc1cc(F)c(Br)cc1NC(=O)NC1CCC(C(=O)O)CC1. The number of aliphatic carboxylic acids is 1. The fourth-order valence-electron chi connectivity index (χ4n) is 2.61. The zero-order chi connectivity index (χ0) is 16.3. The van der Waals surface area contributed by atoms with Gasteiger partial charge in [0.2, 0.25) is 0 Å². The molecular weight excluding hydrogens is 355 g/mol. The molecule has 0 radical (unpaired) electrons. The summed E-state index contributed by atoms with van der Waals surface area (Å²) in [5.74, 6) is -1.46. The van der Waals surface area contributed by atoms with Crippen LogP contribution in [0.15, 0.2) is 16.6 Å². The van der Waals surface area contributed by atoms with Gasteiger partial charge < -0.3 is 15.7 Å². The topological polar surface area (TPSA) is 78.4 Å². The van der Waals surface area contributed by atoms with Crippen LogP contribution in [0.3, 0.4) is 0 Å². The lowest BCUT2D eigenvalue weighted by molar-refractivity contribution is -0.142. The highest BCUT2D eigenvalue weighted by atomic mass is 79.9. The van der Waals surface area contributed by atoms with E-state index in [2.05, 4.69) is 26.6 Å². The number of carboxylic acids is 1. The monoisotopic (exact) mass is 372 g/mol. The Kier molecular flexibility index (Phi) is 5.39. The van der Waals surface area contributed by atoms with Gasteiger partial charge in [0.15, 0.2) is 0 Å². The fourth-order valence-corrected chi connectivity index (χ4v) is 2.95. The molecule has 1 aromatic carbocycles. The summed E-state index contributed by atoms with van der Waals surface area (Å²) >= 11 is 3.09. The zero-order valence-electron chi connectivity index (χ0n) is 12.2. The summed E-state index contributed by atoms with van der Waals surface area (Å²) < 4.78 is 13.6. The van der Waals surface area contributed by atoms with E-state index in [0.29, 0.717) is 36.9 Å². The molecule has 1 aliphatic rings. The first-order valence-corrected chi connectivity index (χ1v) is 7.92. The van der Waals surface area contributed by atoms with Crippen LogP contribution in [0.2, 0.25) is 0 Å². The number of urea groups is 1. The number of carbonyl (C=O) groups is 2. The number of hydrogen-bond donors (Lipinski definition) is 3. The quantitative estimate of drug-likeness (QED) is 0.757. The lowest BCUT2D eigenvalue weighted by Gasteiger charge is -2.27. The lowest BCUT2D eigenvalue weighted by atomic mass is 9.86. The van der Waals surface area contributed by atoms with E-state index < -0.39 is 5.97 Å². The molecule has 2 amide bonds. The van der Waals surface area contributed by atoms with Gasteiger partial charge in [0.05, 0.1) is 10.4 Å². The predicted molar refractivity (Wildman–Crippen MR) is 84.4 cm³/mol. The number of aryl methyl sites for hydroxylation is 1. The summed E-state index contributed by atoms with van der Waals surface area (Å²) in [5, 5.41) is 14.5. The maximum Gasteiger partial charge on any atom is 0.319 e. The molecule has 1 aliphatic carbocycles. The second-order valence-electron chi connectivity index (χ2n) is 5.57. The largest absolute Gasteiger partial charge is 0.481 e. The summed E-state index contributed by atoms with van der Waals surface area (Å²) in [6, 6.07) is 2.48. The summed E-state index contributed by atoms with van der Waals surface area (Å²) in [6.45, 7) is 1.71. The molecule has 0 unspecified atom stereocenters. The van der Waals surface area contributed by atoms with Crippen molar-refractivity contribution in [1.82, 2.24) is 5.32 Å². The van der Waals surface area contributed by atoms with Crippen LogP contribution >= 0.6 is 15.9 Å². The Morgan fingerprint density at radius 3 is 2.50 bits per heavy atom. The van der Waals surface area contributed by atoms with Crippen molar-refractivity contribution in [2.45, 2.75) is 38.6 Å². The van der Waals surface area contributed by atoms with E-state index in [1.54, 1.807) is 6.92 Å². The van der Waals surface area contributed by atoms with Crippen molar-refractivity contribution in [3.05, 3.63) is 28.0 Å². The van der Waals surface area contributed by atoms with Gasteiger partial charge in [0, 0.05) is 11.7 Å². The maximum absolute atomic E-state index is 13.3. The molecule has 2 rings (SSSR count). The molecule has 0 saturated heterocycles. The Labute approximate surface area is 136 Å².